The van der Waals surface area contributed by atoms with E-state index in [4.69, 9.17) is 0 Å². The fourth-order valence-corrected chi connectivity index (χ4v) is 2.99. The van der Waals surface area contributed by atoms with Crippen LogP contribution in [0.4, 0.5) is 0 Å². The Balaban J connectivity index is 2.29. The summed E-state index contributed by atoms with van der Waals surface area (Å²) in [6, 6.07) is 17.1. The molecule has 1 heteroatoms. The molecule has 17 heavy (non-hydrogen) atoms. The molecule has 0 spiro atoms. The Labute approximate surface area is 110 Å². The third kappa shape index (κ3) is 3.09. The van der Waals surface area contributed by atoms with Gasteiger partial charge in [-0.05, 0) is 0 Å². The van der Waals surface area contributed by atoms with E-state index in [0.29, 0.717) is 15.0 Å². The van der Waals surface area contributed by atoms with Crippen LogP contribution in [0.3, 0.4) is 0 Å². The zero-order chi connectivity index (χ0) is 12.1. The van der Waals surface area contributed by atoms with Crippen LogP contribution in [0.1, 0.15) is 16.7 Å². The van der Waals surface area contributed by atoms with Gasteiger partial charge in [0.05, 0.1) is 0 Å². The molecule has 2 aromatic carbocycles. The van der Waals surface area contributed by atoms with Crippen molar-refractivity contribution in [1.29, 1.82) is 0 Å². The fraction of sp³-hybridized carbons (Fsp3) is 0.125. The SMILES string of the molecule is C[Se]c1ccccc1/C=C/c1ccccc1C. The molecule has 0 saturated heterocycles. The van der Waals surface area contributed by atoms with E-state index < -0.39 is 0 Å². The molecule has 2 aromatic rings. The first-order valence-corrected chi connectivity index (χ1v) is 8.25. The molecule has 0 aliphatic heterocycles. The van der Waals surface area contributed by atoms with Gasteiger partial charge in [-0.25, -0.2) is 0 Å². The average Bonchev–Trinajstić information content (AvgIpc) is 2.38. The summed E-state index contributed by atoms with van der Waals surface area (Å²) in [5.41, 5.74) is 3.97. The second kappa shape index (κ2) is 5.86. The molecule has 86 valence electrons. The molecular weight excluding hydrogens is 271 g/mol. The van der Waals surface area contributed by atoms with Crippen molar-refractivity contribution < 1.29 is 0 Å². The first-order chi connectivity index (χ1) is 8.31. The summed E-state index contributed by atoms with van der Waals surface area (Å²) in [4.78, 5) is 0. The second-order valence-electron chi connectivity index (χ2n) is 3.93. The van der Waals surface area contributed by atoms with Gasteiger partial charge in [-0.2, -0.15) is 0 Å². The molecule has 0 heterocycles. The van der Waals surface area contributed by atoms with E-state index in [0.717, 1.165) is 0 Å². The summed E-state index contributed by atoms with van der Waals surface area (Å²) in [6.45, 7) is 2.15. The van der Waals surface area contributed by atoms with Gasteiger partial charge in [0.2, 0.25) is 0 Å². The Kier molecular flexibility index (Phi) is 4.19. The van der Waals surface area contributed by atoms with Gasteiger partial charge < -0.3 is 0 Å². The van der Waals surface area contributed by atoms with Crippen molar-refractivity contribution in [2.75, 3.05) is 0 Å². The van der Waals surface area contributed by atoms with Crippen LogP contribution in [0.2, 0.25) is 5.82 Å². The number of aryl methyl sites for hydroxylation is 1. The fourth-order valence-electron chi connectivity index (χ4n) is 1.76. The molecule has 0 N–H and O–H groups in total. The maximum absolute atomic E-state index is 2.26. The van der Waals surface area contributed by atoms with E-state index >= 15 is 0 Å². The summed E-state index contributed by atoms with van der Waals surface area (Å²) in [5.74, 6) is 2.26. The van der Waals surface area contributed by atoms with Crippen LogP contribution in [0.5, 0.6) is 0 Å². The van der Waals surface area contributed by atoms with Crippen molar-refractivity contribution in [2.45, 2.75) is 12.7 Å². The minimum atomic E-state index is 0.548. The molecule has 0 aromatic heterocycles. The number of hydrogen-bond acceptors (Lipinski definition) is 0. The van der Waals surface area contributed by atoms with Crippen molar-refractivity contribution in [3.05, 3.63) is 65.2 Å². The summed E-state index contributed by atoms with van der Waals surface area (Å²) in [5, 5.41) is 0. The van der Waals surface area contributed by atoms with Gasteiger partial charge in [0.25, 0.3) is 0 Å². The van der Waals surface area contributed by atoms with Gasteiger partial charge in [0.15, 0.2) is 0 Å². The molecule has 0 fully saturated rings. The molecule has 2 rings (SSSR count). The Bertz CT molecular complexity index is 527. The van der Waals surface area contributed by atoms with E-state index in [1.165, 1.54) is 21.2 Å². The molecule has 0 saturated carbocycles. The van der Waals surface area contributed by atoms with Gasteiger partial charge in [-0.1, -0.05) is 0 Å². The summed E-state index contributed by atoms with van der Waals surface area (Å²) >= 11 is 0.548. The van der Waals surface area contributed by atoms with E-state index in [9.17, 15) is 0 Å². The van der Waals surface area contributed by atoms with E-state index in [1.807, 2.05) is 0 Å². The number of benzene rings is 2. The van der Waals surface area contributed by atoms with Crippen molar-refractivity contribution in [2.24, 2.45) is 0 Å². The Morgan fingerprint density at radius 1 is 0.824 bits per heavy atom. The zero-order valence-electron chi connectivity index (χ0n) is 10.2. The second-order valence-corrected chi connectivity index (χ2v) is 5.71. The van der Waals surface area contributed by atoms with Crippen LogP contribution >= 0.6 is 0 Å². The van der Waals surface area contributed by atoms with Crippen molar-refractivity contribution in [3.8, 4) is 0 Å². The first kappa shape index (κ1) is 12.2. The molecule has 0 atom stereocenters. The average molecular weight is 287 g/mol. The standard InChI is InChI=1S/C16H16Se/c1-13-7-3-4-8-14(13)11-12-15-9-5-6-10-16(15)17-2/h3-12H,1-2H3/b12-11+. The quantitative estimate of drug-likeness (QED) is 0.598. The molecule has 0 unspecified atom stereocenters. The van der Waals surface area contributed by atoms with Crippen molar-refractivity contribution >= 4 is 31.6 Å². The zero-order valence-corrected chi connectivity index (χ0v) is 11.9. The number of hydrogen-bond donors (Lipinski definition) is 0. The van der Waals surface area contributed by atoms with Gasteiger partial charge in [0, 0.05) is 0 Å². The molecule has 0 aliphatic rings. The monoisotopic (exact) mass is 288 g/mol. The molecule has 0 bridgehead atoms. The Hall–Kier alpha value is -1.30. The van der Waals surface area contributed by atoms with E-state index in [1.54, 1.807) is 0 Å². The third-order valence-electron chi connectivity index (χ3n) is 2.77. The molecule has 0 aliphatic carbocycles. The predicted octanol–water partition coefficient (Wildman–Crippen LogP) is 3.54. The predicted molar refractivity (Wildman–Crippen MR) is 77.8 cm³/mol. The van der Waals surface area contributed by atoms with Crippen molar-refractivity contribution in [1.82, 2.24) is 0 Å². The van der Waals surface area contributed by atoms with Crippen LogP contribution in [0, 0.1) is 6.92 Å². The van der Waals surface area contributed by atoms with E-state index in [2.05, 4.69) is 73.4 Å². The van der Waals surface area contributed by atoms with Crippen LogP contribution < -0.4 is 4.46 Å². The first-order valence-electron chi connectivity index (χ1n) is 5.68. The van der Waals surface area contributed by atoms with Crippen LogP contribution in [0.25, 0.3) is 12.2 Å². The van der Waals surface area contributed by atoms with Gasteiger partial charge in [-0.15, -0.1) is 0 Å². The summed E-state index contributed by atoms with van der Waals surface area (Å²) in [6.07, 6.45) is 4.43. The molecule has 0 amide bonds. The van der Waals surface area contributed by atoms with Gasteiger partial charge in [0.1, 0.15) is 0 Å². The van der Waals surface area contributed by atoms with Gasteiger partial charge >= 0.3 is 110 Å². The summed E-state index contributed by atoms with van der Waals surface area (Å²) in [7, 11) is 0. The summed E-state index contributed by atoms with van der Waals surface area (Å²) < 4.78 is 1.46. The van der Waals surface area contributed by atoms with Gasteiger partial charge in [-0.3, -0.25) is 0 Å². The molecule has 0 radical (unpaired) electrons. The van der Waals surface area contributed by atoms with E-state index in [-0.39, 0.29) is 0 Å². The third-order valence-corrected chi connectivity index (χ3v) is 4.47. The molecular formula is C16H16Se. The molecule has 0 nitrogen and oxygen atoms in total. The minimum absolute atomic E-state index is 0.548. The Morgan fingerprint density at radius 2 is 1.41 bits per heavy atom. The van der Waals surface area contributed by atoms with Crippen LogP contribution in [-0.4, -0.2) is 15.0 Å². The van der Waals surface area contributed by atoms with Crippen molar-refractivity contribution in [3.63, 3.8) is 0 Å². The Morgan fingerprint density at radius 3 is 2.12 bits per heavy atom. The number of rotatable bonds is 3. The maximum atomic E-state index is 2.26. The van der Waals surface area contributed by atoms with Crippen LogP contribution in [0.15, 0.2) is 48.5 Å². The topological polar surface area (TPSA) is 0 Å². The normalized spacial score (nSPS) is 10.9. The van der Waals surface area contributed by atoms with Crippen LogP contribution in [-0.2, 0) is 0 Å².